The summed E-state index contributed by atoms with van der Waals surface area (Å²) >= 11 is 0. The van der Waals surface area contributed by atoms with E-state index in [4.69, 9.17) is 4.74 Å². The van der Waals surface area contributed by atoms with Gasteiger partial charge in [0.1, 0.15) is 28.5 Å². The molecule has 3 heterocycles. The van der Waals surface area contributed by atoms with Crippen LogP contribution < -0.4 is 10.1 Å². The molecule has 0 radical (unpaired) electrons. The van der Waals surface area contributed by atoms with E-state index in [2.05, 4.69) is 20.0 Å². The summed E-state index contributed by atoms with van der Waals surface area (Å²) in [5, 5.41) is 3.03. The number of hydrogen-bond acceptors (Lipinski definition) is 6. The van der Waals surface area contributed by atoms with E-state index in [-0.39, 0.29) is 17.1 Å². The quantitative estimate of drug-likeness (QED) is 0.651. The highest BCUT2D eigenvalue weighted by atomic mass is 19.1. The standard InChI is InChI=1S/C23H20FN3O4/c1-14-5-7-16(12-17(14)24)23(9-11-31-19-4-3-10-25-20(19)23)27-21(28)15-6-8-18(26-13-15)22(29)30-2/h3-8,10,12-13H,9,11H2,1-2H3,(H,27,28)/t23-/m0/s1. The second kappa shape index (κ2) is 8.14. The summed E-state index contributed by atoms with van der Waals surface area (Å²) in [6.07, 6.45) is 3.26. The zero-order valence-corrected chi connectivity index (χ0v) is 17.0. The molecular weight excluding hydrogens is 401 g/mol. The van der Waals surface area contributed by atoms with Crippen LogP contribution in [0.1, 0.15) is 44.1 Å². The summed E-state index contributed by atoms with van der Waals surface area (Å²) in [6, 6.07) is 11.3. The lowest BCUT2D eigenvalue weighted by Crippen LogP contribution is -2.50. The Balaban J connectivity index is 1.77. The summed E-state index contributed by atoms with van der Waals surface area (Å²) in [5.41, 5.74) is 0.794. The minimum Gasteiger partial charge on any atom is -0.491 e. The predicted octanol–water partition coefficient (Wildman–Crippen LogP) is 3.17. The van der Waals surface area contributed by atoms with E-state index in [1.807, 2.05) is 0 Å². The van der Waals surface area contributed by atoms with Gasteiger partial charge in [-0.05, 0) is 48.4 Å². The average molecular weight is 421 g/mol. The zero-order chi connectivity index (χ0) is 22.0. The summed E-state index contributed by atoms with van der Waals surface area (Å²) in [7, 11) is 1.25. The number of esters is 1. The molecule has 1 N–H and O–H groups in total. The van der Waals surface area contributed by atoms with Gasteiger partial charge in [0.05, 0.1) is 19.3 Å². The molecule has 158 valence electrons. The molecule has 7 nitrogen and oxygen atoms in total. The van der Waals surface area contributed by atoms with Crippen LogP contribution in [0.5, 0.6) is 5.75 Å². The molecule has 1 aliphatic heterocycles. The Morgan fingerprint density at radius 2 is 2.03 bits per heavy atom. The first-order valence-corrected chi connectivity index (χ1v) is 9.66. The second-order valence-electron chi connectivity index (χ2n) is 7.20. The fourth-order valence-corrected chi connectivity index (χ4v) is 3.61. The summed E-state index contributed by atoms with van der Waals surface area (Å²) in [5.74, 6) is -0.891. The van der Waals surface area contributed by atoms with Gasteiger partial charge in [-0.15, -0.1) is 0 Å². The van der Waals surface area contributed by atoms with Gasteiger partial charge in [-0.3, -0.25) is 9.78 Å². The normalized spacial score (nSPS) is 17.3. The third-order valence-electron chi connectivity index (χ3n) is 5.32. The number of hydrogen-bond donors (Lipinski definition) is 1. The molecule has 0 saturated heterocycles. The molecule has 0 spiro atoms. The van der Waals surface area contributed by atoms with Crippen molar-refractivity contribution in [3.8, 4) is 5.75 Å². The summed E-state index contributed by atoms with van der Waals surface area (Å²) in [4.78, 5) is 33.2. The monoisotopic (exact) mass is 421 g/mol. The molecule has 8 heteroatoms. The number of nitrogens with zero attached hydrogens (tertiary/aromatic N) is 2. The highest BCUT2D eigenvalue weighted by Crippen LogP contribution is 2.41. The molecule has 2 aromatic heterocycles. The number of benzene rings is 1. The average Bonchev–Trinajstić information content (AvgIpc) is 2.80. The van der Waals surface area contributed by atoms with Crippen LogP contribution >= 0.6 is 0 Å². The highest BCUT2D eigenvalue weighted by Gasteiger charge is 2.43. The van der Waals surface area contributed by atoms with Crippen LogP contribution in [0.25, 0.3) is 0 Å². The first kappa shape index (κ1) is 20.5. The van der Waals surface area contributed by atoms with Crippen molar-refractivity contribution in [1.29, 1.82) is 0 Å². The van der Waals surface area contributed by atoms with Gasteiger partial charge in [-0.25, -0.2) is 14.2 Å². The van der Waals surface area contributed by atoms with Crippen LogP contribution in [-0.4, -0.2) is 35.6 Å². The minimum absolute atomic E-state index is 0.0902. The maximum absolute atomic E-state index is 14.5. The molecule has 1 atom stereocenters. The number of aryl methyl sites for hydroxylation is 1. The molecule has 0 saturated carbocycles. The lowest BCUT2D eigenvalue weighted by molar-refractivity contribution is 0.0593. The Kier molecular flexibility index (Phi) is 5.37. The van der Waals surface area contributed by atoms with Gasteiger partial charge in [0, 0.05) is 18.8 Å². The maximum atomic E-state index is 14.5. The molecule has 0 aliphatic carbocycles. The molecule has 0 fully saturated rings. The number of nitrogens with one attached hydrogen (secondary N) is 1. The lowest BCUT2D eigenvalue weighted by atomic mass is 9.80. The molecule has 4 rings (SSSR count). The first-order valence-electron chi connectivity index (χ1n) is 9.66. The number of amides is 1. The maximum Gasteiger partial charge on any atom is 0.356 e. The van der Waals surface area contributed by atoms with Crippen LogP contribution in [0.4, 0.5) is 4.39 Å². The van der Waals surface area contributed by atoms with E-state index < -0.39 is 17.4 Å². The van der Waals surface area contributed by atoms with Crippen LogP contribution in [0.15, 0.2) is 54.9 Å². The fourth-order valence-electron chi connectivity index (χ4n) is 3.61. The van der Waals surface area contributed by atoms with E-state index in [0.29, 0.717) is 35.6 Å². The summed E-state index contributed by atoms with van der Waals surface area (Å²) < 4.78 is 24.8. The van der Waals surface area contributed by atoms with Crippen molar-refractivity contribution in [3.05, 3.63) is 88.8 Å². The number of ether oxygens (including phenoxy) is 2. The Bertz CT molecular complexity index is 1150. The van der Waals surface area contributed by atoms with E-state index >= 15 is 0 Å². The number of carbonyl (C=O) groups excluding carboxylic acids is 2. The van der Waals surface area contributed by atoms with Crippen LogP contribution in [0, 0.1) is 12.7 Å². The van der Waals surface area contributed by atoms with Gasteiger partial charge in [0.25, 0.3) is 5.91 Å². The Hall–Kier alpha value is -3.81. The third-order valence-corrected chi connectivity index (χ3v) is 5.32. The van der Waals surface area contributed by atoms with E-state index in [1.54, 1.807) is 37.4 Å². The number of aromatic nitrogens is 2. The largest absolute Gasteiger partial charge is 0.491 e. The van der Waals surface area contributed by atoms with Gasteiger partial charge < -0.3 is 14.8 Å². The molecule has 3 aromatic rings. The Morgan fingerprint density at radius 1 is 1.19 bits per heavy atom. The number of halogens is 1. The van der Waals surface area contributed by atoms with Crippen molar-refractivity contribution in [2.24, 2.45) is 0 Å². The molecule has 0 bridgehead atoms. The van der Waals surface area contributed by atoms with Crippen molar-refractivity contribution < 1.29 is 23.5 Å². The topological polar surface area (TPSA) is 90.4 Å². The third kappa shape index (κ3) is 3.72. The van der Waals surface area contributed by atoms with Crippen LogP contribution in [0.2, 0.25) is 0 Å². The number of rotatable bonds is 4. The van der Waals surface area contributed by atoms with Crippen LogP contribution in [-0.2, 0) is 10.3 Å². The van der Waals surface area contributed by atoms with Gasteiger partial charge in [0.2, 0.25) is 0 Å². The second-order valence-corrected chi connectivity index (χ2v) is 7.20. The van der Waals surface area contributed by atoms with Crippen molar-refractivity contribution in [2.75, 3.05) is 13.7 Å². The number of methoxy groups -OCH3 is 1. The van der Waals surface area contributed by atoms with Gasteiger partial charge in [0.15, 0.2) is 0 Å². The van der Waals surface area contributed by atoms with Crippen LogP contribution in [0.3, 0.4) is 0 Å². The smallest absolute Gasteiger partial charge is 0.356 e. The summed E-state index contributed by atoms with van der Waals surface area (Å²) in [6.45, 7) is 1.99. The lowest BCUT2D eigenvalue weighted by Gasteiger charge is -2.39. The van der Waals surface area contributed by atoms with Gasteiger partial charge >= 0.3 is 5.97 Å². The Morgan fingerprint density at radius 3 is 2.74 bits per heavy atom. The molecule has 0 unspecified atom stereocenters. The molecule has 1 amide bonds. The molecule has 1 aliphatic rings. The van der Waals surface area contributed by atoms with Crippen molar-refractivity contribution in [2.45, 2.75) is 18.9 Å². The first-order chi connectivity index (χ1) is 14.9. The molecule has 31 heavy (non-hydrogen) atoms. The number of carbonyl (C=O) groups is 2. The van der Waals surface area contributed by atoms with Crippen molar-refractivity contribution in [1.82, 2.24) is 15.3 Å². The van der Waals surface area contributed by atoms with Crippen molar-refractivity contribution >= 4 is 11.9 Å². The number of fused-ring (bicyclic) bond motifs is 1. The minimum atomic E-state index is -1.10. The van der Waals surface area contributed by atoms with Crippen molar-refractivity contribution in [3.63, 3.8) is 0 Å². The van der Waals surface area contributed by atoms with E-state index in [1.165, 1.54) is 31.5 Å². The number of pyridine rings is 2. The van der Waals surface area contributed by atoms with E-state index in [9.17, 15) is 14.0 Å². The SMILES string of the molecule is COC(=O)c1ccc(C(=O)N[C@]2(c3ccc(C)c(F)c3)CCOc3cccnc32)cn1. The Labute approximate surface area is 178 Å². The molecular formula is C23H20FN3O4. The molecule has 1 aromatic carbocycles. The zero-order valence-electron chi connectivity index (χ0n) is 17.0. The van der Waals surface area contributed by atoms with Gasteiger partial charge in [-0.2, -0.15) is 0 Å². The van der Waals surface area contributed by atoms with Gasteiger partial charge in [-0.1, -0.05) is 12.1 Å². The highest BCUT2D eigenvalue weighted by molar-refractivity contribution is 5.96. The predicted molar refractivity (Wildman–Crippen MR) is 109 cm³/mol. The fraction of sp³-hybridized carbons (Fsp3) is 0.217. The van der Waals surface area contributed by atoms with E-state index in [0.717, 1.165) is 0 Å².